The number of aryl methyl sites for hydroxylation is 2. The van der Waals surface area contributed by atoms with Gasteiger partial charge in [0.05, 0.1) is 19.1 Å². The Kier molecular flexibility index (Phi) is 18.4. The maximum atomic E-state index is 13.6. The monoisotopic (exact) mass is 709 g/mol. The Balaban J connectivity index is 0.00000173. The fourth-order valence-electron chi connectivity index (χ4n) is 5.89. The molecular weight excluding hydrogens is 651 g/mol. The Morgan fingerprint density at radius 3 is 2.13 bits per heavy atom. The zero-order valence-corrected chi connectivity index (χ0v) is 31.9. The van der Waals surface area contributed by atoms with E-state index in [4.69, 9.17) is 4.74 Å². The third kappa shape index (κ3) is 14.9. The largest absolute Gasteiger partial charge is 0.465 e. The molecule has 8 nitrogen and oxygen atoms in total. The number of unbranched alkanes of at least 4 members (excludes halogenated alkanes) is 1. The van der Waals surface area contributed by atoms with Gasteiger partial charge < -0.3 is 20.3 Å². The van der Waals surface area contributed by atoms with E-state index in [0.717, 1.165) is 48.3 Å². The topological polar surface area (TPSA) is 105 Å². The van der Waals surface area contributed by atoms with Crippen LogP contribution in [0.1, 0.15) is 100 Å². The number of hydrogen-bond acceptors (Lipinski definition) is 5. The lowest BCUT2D eigenvalue weighted by atomic mass is 9.87. The Morgan fingerprint density at radius 2 is 1.48 bits per heavy atom. The van der Waals surface area contributed by atoms with Crippen molar-refractivity contribution < 1.29 is 23.9 Å². The molecule has 1 heterocycles. The fourth-order valence-corrected chi connectivity index (χ4v) is 5.89. The Hall–Kier alpha value is -4.72. The number of ether oxygens (including phenoxy) is 1. The second-order valence-corrected chi connectivity index (χ2v) is 14.2. The van der Waals surface area contributed by atoms with E-state index < -0.39 is 11.8 Å². The number of anilines is 1. The van der Waals surface area contributed by atoms with Crippen molar-refractivity contribution in [2.24, 2.45) is 17.8 Å². The predicted octanol–water partition coefficient (Wildman–Crippen LogP) is 8.56. The van der Waals surface area contributed by atoms with Gasteiger partial charge in [-0.3, -0.25) is 19.2 Å². The van der Waals surface area contributed by atoms with Crippen molar-refractivity contribution in [3.63, 3.8) is 0 Å². The normalized spacial score (nSPS) is 13.3. The van der Waals surface area contributed by atoms with Crippen LogP contribution in [-0.2, 0) is 38.5 Å². The number of fused-ring (bicyclic) bond motifs is 1. The molecule has 0 radical (unpaired) electrons. The van der Waals surface area contributed by atoms with Gasteiger partial charge >= 0.3 is 5.97 Å². The molecule has 4 rings (SSSR count). The molecule has 1 aliphatic heterocycles. The number of amides is 3. The third-order valence-corrected chi connectivity index (χ3v) is 8.65. The minimum absolute atomic E-state index is 0.00142. The first-order chi connectivity index (χ1) is 25.1. The molecule has 3 aromatic rings. The van der Waals surface area contributed by atoms with E-state index in [1.54, 1.807) is 17.0 Å². The Labute approximate surface area is 311 Å². The maximum Gasteiger partial charge on any atom is 0.309 e. The van der Waals surface area contributed by atoms with Crippen LogP contribution in [0.4, 0.5) is 5.69 Å². The number of esters is 1. The number of nitrogens with zero attached hydrogens (tertiary/aromatic N) is 1. The van der Waals surface area contributed by atoms with Crippen molar-refractivity contribution in [2.45, 2.75) is 92.5 Å². The van der Waals surface area contributed by atoms with Crippen LogP contribution in [-0.4, -0.2) is 48.3 Å². The van der Waals surface area contributed by atoms with Crippen molar-refractivity contribution in [3.05, 3.63) is 113 Å². The SMILES string of the molecule is CC(C)C.CCCCOC(=O)C(C/C=C/CN1Cc2ccccc2C1=O)C[C@@H](CCc1ccc(CCC)cc1)C(=O)NCC(=O)Nc1ccccc1. The van der Waals surface area contributed by atoms with E-state index in [1.165, 1.54) is 5.56 Å². The first kappa shape index (κ1) is 41.7. The van der Waals surface area contributed by atoms with Crippen molar-refractivity contribution in [1.29, 1.82) is 0 Å². The van der Waals surface area contributed by atoms with Gasteiger partial charge in [0, 0.05) is 30.3 Å². The molecule has 0 aromatic heterocycles. The van der Waals surface area contributed by atoms with E-state index >= 15 is 0 Å². The molecule has 0 aliphatic carbocycles. The van der Waals surface area contributed by atoms with E-state index in [-0.39, 0.29) is 36.7 Å². The summed E-state index contributed by atoms with van der Waals surface area (Å²) in [7, 11) is 0. The highest BCUT2D eigenvalue weighted by Crippen LogP contribution is 2.25. The summed E-state index contributed by atoms with van der Waals surface area (Å²) in [5.41, 5.74) is 4.80. The average Bonchev–Trinajstić information content (AvgIpc) is 3.45. The highest BCUT2D eigenvalue weighted by molar-refractivity contribution is 5.98. The summed E-state index contributed by atoms with van der Waals surface area (Å²) in [6.45, 7) is 11.8. The Morgan fingerprint density at radius 1 is 0.827 bits per heavy atom. The number of carbonyl (C=O) groups excluding carboxylic acids is 4. The van der Waals surface area contributed by atoms with Crippen LogP contribution in [0.15, 0.2) is 91.0 Å². The van der Waals surface area contributed by atoms with Crippen molar-refractivity contribution in [2.75, 3.05) is 25.0 Å². The van der Waals surface area contributed by atoms with Gasteiger partial charge in [-0.1, -0.05) is 120 Å². The second-order valence-electron chi connectivity index (χ2n) is 14.2. The highest BCUT2D eigenvalue weighted by Gasteiger charge is 2.29. The summed E-state index contributed by atoms with van der Waals surface area (Å²) in [6.07, 6.45) is 9.42. The van der Waals surface area contributed by atoms with Crippen molar-refractivity contribution >= 4 is 29.4 Å². The lowest BCUT2D eigenvalue weighted by Crippen LogP contribution is -2.38. The standard InChI is InChI=1S/C40H49N3O5.C4H10/c1-3-5-26-48-40(47)33(14-11-12-25-43-29-34-15-9-10-18-36(34)39(43)46)27-32(24-23-31-21-19-30(13-4-2)20-22-31)38(45)41-28-37(44)42-35-16-7-6-8-17-35;1-4(2)3/h6-12,15-22,32-33H,3-5,13-14,23-29H2,1-2H3,(H,41,45)(H,42,44);4H,1-3H3/b12-11+;/t32-,33?;/m1./s1. The van der Waals surface area contributed by atoms with Crippen LogP contribution in [0.5, 0.6) is 0 Å². The third-order valence-electron chi connectivity index (χ3n) is 8.65. The van der Waals surface area contributed by atoms with Gasteiger partial charge in [-0.15, -0.1) is 0 Å². The summed E-state index contributed by atoms with van der Waals surface area (Å²) < 4.78 is 5.65. The molecule has 3 aromatic carbocycles. The van der Waals surface area contributed by atoms with Crippen LogP contribution in [0.3, 0.4) is 0 Å². The first-order valence-corrected chi connectivity index (χ1v) is 19.0. The van der Waals surface area contributed by atoms with Crippen LogP contribution >= 0.6 is 0 Å². The van der Waals surface area contributed by atoms with Crippen LogP contribution in [0, 0.1) is 17.8 Å². The van der Waals surface area contributed by atoms with E-state index in [9.17, 15) is 19.2 Å². The number of nitrogens with one attached hydrogen (secondary N) is 2. The molecule has 2 N–H and O–H groups in total. The molecule has 280 valence electrons. The van der Waals surface area contributed by atoms with Crippen molar-refractivity contribution in [3.8, 4) is 0 Å². The van der Waals surface area contributed by atoms with E-state index in [2.05, 4.69) is 62.6 Å². The number of benzene rings is 3. The summed E-state index contributed by atoms with van der Waals surface area (Å²) in [4.78, 5) is 54.2. The molecule has 0 fully saturated rings. The molecule has 1 aliphatic rings. The number of carbonyl (C=O) groups is 4. The summed E-state index contributed by atoms with van der Waals surface area (Å²) in [6, 6.07) is 25.2. The molecule has 2 atom stereocenters. The number of para-hydroxylation sites is 1. The van der Waals surface area contributed by atoms with Gasteiger partial charge in [-0.25, -0.2) is 0 Å². The first-order valence-electron chi connectivity index (χ1n) is 19.0. The second kappa shape index (κ2) is 23.0. The molecule has 0 bridgehead atoms. The lowest BCUT2D eigenvalue weighted by molar-refractivity contribution is -0.149. The Bertz CT molecular complexity index is 1570. The van der Waals surface area contributed by atoms with E-state index in [0.29, 0.717) is 44.6 Å². The van der Waals surface area contributed by atoms with Crippen LogP contribution in [0.2, 0.25) is 0 Å². The number of allylic oxidation sites excluding steroid dienone is 1. The molecular formula is C44H59N3O5. The van der Waals surface area contributed by atoms with Gasteiger partial charge in [0.2, 0.25) is 11.8 Å². The molecule has 1 unspecified atom stereocenters. The lowest BCUT2D eigenvalue weighted by Gasteiger charge is -2.22. The summed E-state index contributed by atoms with van der Waals surface area (Å²) in [5.74, 6) is -1.15. The van der Waals surface area contributed by atoms with Gasteiger partial charge in [-0.2, -0.15) is 0 Å². The molecule has 8 heteroatoms. The van der Waals surface area contributed by atoms with Gasteiger partial charge in [0.1, 0.15) is 0 Å². The van der Waals surface area contributed by atoms with Gasteiger partial charge in [0.25, 0.3) is 5.91 Å². The molecule has 0 saturated carbocycles. The zero-order chi connectivity index (χ0) is 37.7. The molecule has 3 amide bonds. The zero-order valence-electron chi connectivity index (χ0n) is 31.9. The summed E-state index contributed by atoms with van der Waals surface area (Å²) in [5, 5.41) is 5.61. The molecule has 52 heavy (non-hydrogen) atoms. The minimum Gasteiger partial charge on any atom is -0.465 e. The fraction of sp³-hybridized carbons (Fsp3) is 0.455. The minimum atomic E-state index is -0.551. The van der Waals surface area contributed by atoms with Gasteiger partial charge in [0.15, 0.2) is 0 Å². The maximum absolute atomic E-state index is 13.6. The molecule has 0 spiro atoms. The summed E-state index contributed by atoms with van der Waals surface area (Å²) >= 11 is 0. The van der Waals surface area contributed by atoms with E-state index in [1.807, 2.05) is 61.5 Å². The predicted molar refractivity (Wildman–Crippen MR) is 210 cm³/mol. The number of hydrogen-bond donors (Lipinski definition) is 2. The van der Waals surface area contributed by atoms with Crippen molar-refractivity contribution in [1.82, 2.24) is 10.2 Å². The molecule has 0 saturated heterocycles. The smallest absolute Gasteiger partial charge is 0.309 e. The van der Waals surface area contributed by atoms with Crippen LogP contribution < -0.4 is 10.6 Å². The highest BCUT2D eigenvalue weighted by atomic mass is 16.5. The average molecular weight is 710 g/mol. The number of rotatable bonds is 19. The quantitative estimate of drug-likeness (QED) is 0.0738. The van der Waals surface area contributed by atoms with Gasteiger partial charge in [-0.05, 0) is 79.3 Å². The van der Waals surface area contributed by atoms with Crippen LogP contribution in [0.25, 0.3) is 0 Å².